The Morgan fingerprint density at radius 1 is 1.00 bits per heavy atom. The van der Waals surface area contributed by atoms with E-state index in [-0.39, 0.29) is 0 Å². The number of carbonyl (C=O) groups excluding carboxylic acids is 1. The summed E-state index contributed by atoms with van der Waals surface area (Å²) < 4.78 is 5.70. The molecule has 3 heteroatoms. The lowest BCUT2D eigenvalue weighted by Crippen LogP contribution is -2.09. The molecular weight excluding hydrogens is 226 g/mol. The third-order valence-corrected chi connectivity index (χ3v) is 2.57. The molecule has 2 rings (SSSR count). The number of amides is 1. The summed E-state index contributed by atoms with van der Waals surface area (Å²) in [4.78, 5) is 10.2. The molecule has 3 nitrogen and oxygen atoms in total. The van der Waals surface area contributed by atoms with Gasteiger partial charge in [0.05, 0.1) is 0 Å². The fourth-order valence-corrected chi connectivity index (χ4v) is 1.58. The zero-order chi connectivity index (χ0) is 12.8. The van der Waals surface area contributed by atoms with Crippen LogP contribution in [-0.2, 0) is 11.3 Å². The van der Waals surface area contributed by atoms with E-state index in [0.717, 1.165) is 17.1 Å². The first-order valence-corrected chi connectivity index (χ1v) is 5.78. The van der Waals surface area contributed by atoms with Crippen molar-refractivity contribution in [2.75, 3.05) is 0 Å². The Kier molecular flexibility index (Phi) is 3.97. The Morgan fingerprint density at radius 2 is 1.56 bits per heavy atom. The number of hydrogen-bond donors (Lipinski definition) is 1. The van der Waals surface area contributed by atoms with E-state index in [1.54, 1.807) is 0 Å². The third-order valence-electron chi connectivity index (χ3n) is 2.57. The highest BCUT2D eigenvalue weighted by Crippen LogP contribution is 2.21. The van der Waals surface area contributed by atoms with E-state index in [2.05, 4.69) is 5.32 Å². The monoisotopic (exact) mass is 241 g/mol. The summed E-state index contributed by atoms with van der Waals surface area (Å²) in [7, 11) is 0. The number of ether oxygens (including phenoxy) is 1. The van der Waals surface area contributed by atoms with Gasteiger partial charge >= 0.3 is 0 Å². The fourth-order valence-electron chi connectivity index (χ4n) is 1.58. The average molecular weight is 241 g/mol. The lowest BCUT2D eigenvalue weighted by molar-refractivity contribution is -0.109. The van der Waals surface area contributed by atoms with Gasteiger partial charge in [-0.2, -0.15) is 0 Å². The molecule has 0 aromatic heterocycles. The summed E-state index contributed by atoms with van der Waals surface area (Å²) in [5, 5.41) is 2.62. The summed E-state index contributed by atoms with van der Waals surface area (Å²) >= 11 is 0. The number of carbonyl (C=O) groups is 1. The van der Waals surface area contributed by atoms with Crippen molar-refractivity contribution in [3.8, 4) is 11.5 Å². The molecule has 0 bridgehead atoms. The van der Waals surface area contributed by atoms with Crippen LogP contribution < -0.4 is 10.1 Å². The first-order chi connectivity index (χ1) is 8.78. The Bertz CT molecular complexity index is 503. The molecule has 2 aromatic carbocycles. The van der Waals surface area contributed by atoms with Crippen LogP contribution in [0.15, 0.2) is 48.5 Å². The molecule has 0 radical (unpaired) electrons. The highest BCUT2D eigenvalue weighted by atomic mass is 16.5. The summed E-state index contributed by atoms with van der Waals surface area (Å²) in [5.41, 5.74) is 2.25. The van der Waals surface area contributed by atoms with Crippen molar-refractivity contribution in [2.24, 2.45) is 0 Å². The van der Waals surface area contributed by atoms with Crippen LogP contribution in [-0.4, -0.2) is 6.41 Å². The SMILES string of the molecule is Cc1ccc(Oc2ccc(CNC=O)cc2)cc1. The smallest absolute Gasteiger partial charge is 0.207 e. The molecule has 0 spiro atoms. The molecule has 18 heavy (non-hydrogen) atoms. The van der Waals surface area contributed by atoms with Gasteiger partial charge in [-0.25, -0.2) is 0 Å². The molecule has 2 aromatic rings. The number of nitrogens with one attached hydrogen (secondary N) is 1. The van der Waals surface area contributed by atoms with Crippen molar-refractivity contribution in [1.29, 1.82) is 0 Å². The standard InChI is InChI=1S/C15H15NO2/c1-12-2-6-14(7-3-12)18-15-8-4-13(5-9-15)10-16-11-17/h2-9,11H,10H2,1H3,(H,16,17). The van der Waals surface area contributed by atoms with Crippen molar-refractivity contribution in [1.82, 2.24) is 5.32 Å². The Hall–Kier alpha value is -2.29. The van der Waals surface area contributed by atoms with Gasteiger partial charge in [-0.05, 0) is 36.8 Å². The van der Waals surface area contributed by atoms with Gasteiger partial charge < -0.3 is 10.1 Å². The second-order valence-electron chi connectivity index (χ2n) is 4.06. The first-order valence-electron chi connectivity index (χ1n) is 5.78. The number of benzene rings is 2. The minimum atomic E-state index is 0.536. The second kappa shape index (κ2) is 5.87. The van der Waals surface area contributed by atoms with Crippen molar-refractivity contribution >= 4 is 6.41 Å². The summed E-state index contributed by atoms with van der Waals surface area (Å²) in [6.07, 6.45) is 0.691. The second-order valence-corrected chi connectivity index (χ2v) is 4.06. The highest BCUT2D eigenvalue weighted by molar-refractivity contribution is 5.46. The summed E-state index contributed by atoms with van der Waals surface area (Å²) in [6, 6.07) is 15.5. The van der Waals surface area contributed by atoms with Crippen molar-refractivity contribution in [3.05, 3.63) is 59.7 Å². The minimum absolute atomic E-state index is 0.536. The summed E-state index contributed by atoms with van der Waals surface area (Å²) in [5.74, 6) is 1.60. The van der Waals surface area contributed by atoms with Crippen LogP contribution >= 0.6 is 0 Å². The van der Waals surface area contributed by atoms with E-state index in [4.69, 9.17) is 4.74 Å². The van der Waals surface area contributed by atoms with Gasteiger partial charge in [0.2, 0.25) is 6.41 Å². The zero-order valence-corrected chi connectivity index (χ0v) is 10.2. The van der Waals surface area contributed by atoms with Crippen molar-refractivity contribution in [3.63, 3.8) is 0 Å². The van der Waals surface area contributed by atoms with Gasteiger partial charge in [-0.15, -0.1) is 0 Å². The maximum atomic E-state index is 10.2. The lowest BCUT2D eigenvalue weighted by atomic mass is 10.2. The van der Waals surface area contributed by atoms with Crippen LogP contribution in [0.1, 0.15) is 11.1 Å². The van der Waals surface area contributed by atoms with Gasteiger partial charge in [0.1, 0.15) is 11.5 Å². The maximum Gasteiger partial charge on any atom is 0.207 e. The van der Waals surface area contributed by atoms with E-state index in [0.29, 0.717) is 13.0 Å². The van der Waals surface area contributed by atoms with Crippen molar-refractivity contribution in [2.45, 2.75) is 13.5 Å². The van der Waals surface area contributed by atoms with E-state index in [9.17, 15) is 4.79 Å². The molecular formula is C15H15NO2. The first kappa shape index (κ1) is 12.2. The minimum Gasteiger partial charge on any atom is -0.457 e. The molecule has 0 aliphatic heterocycles. The van der Waals surface area contributed by atoms with Gasteiger partial charge in [-0.3, -0.25) is 4.79 Å². The molecule has 0 fully saturated rings. The molecule has 0 saturated carbocycles. The molecule has 0 atom stereocenters. The highest BCUT2D eigenvalue weighted by Gasteiger charge is 1.97. The molecule has 0 aliphatic rings. The third kappa shape index (κ3) is 3.35. The normalized spacial score (nSPS) is 9.83. The number of hydrogen-bond acceptors (Lipinski definition) is 2. The van der Waals surface area contributed by atoms with E-state index in [1.807, 2.05) is 55.5 Å². The zero-order valence-electron chi connectivity index (χ0n) is 10.2. The molecule has 0 heterocycles. The molecule has 0 unspecified atom stereocenters. The van der Waals surface area contributed by atoms with Gasteiger partial charge in [0.15, 0.2) is 0 Å². The quantitative estimate of drug-likeness (QED) is 0.817. The van der Waals surface area contributed by atoms with E-state index < -0.39 is 0 Å². The van der Waals surface area contributed by atoms with E-state index >= 15 is 0 Å². The summed E-state index contributed by atoms with van der Waals surface area (Å²) in [6.45, 7) is 2.58. The Labute approximate surface area is 106 Å². The van der Waals surface area contributed by atoms with Crippen molar-refractivity contribution < 1.29 is 9.53 Å². The topological polar surface area (TPSA) is 38.3 Å². The maximum absolute atomic E-state index is 10.2. The van der Waals surface area contributed by atoms with Crippen LogP contribution in [0.2, 0.25) is 0 Å². The van der Waals surface area contributed by atoms with Crippen LogP contribution in [0.4, 0.5) is 0 Å². The average Bonchev–Trinajstić information content (AvgIpc) is 2.41. The van der Waals surface area contributed by atoms with Crippen LogP contribution in [0.5, 0.6) is 11.5 Å². The van der Waals surface area contributed by atoms with Crippen LogP contribution in [0.25, 0.3) is 0 Å². The number of rotatable bonds is 5. The fraction of sp³-hybridized carbons (Fsp3) is 0.133. The molecule has 1 amide bonds. The van der Waals surface area contributed by atoms with Crippen LogP contribution in [0.3, 0.4) is 0 Å². The van der Waals surface area contributed by atoms with Crippen LogP contribution in [0, 0.1) is 6.92 Å². The Balaban J connectivity index is 2.01. The van der Waals surface area contributed by atoms with Gasteiger partial charge in [0, 0.05) is 6.54 Å². The molecule has 1 N–H and O–H groups in total. The van der Waals surface area contributed by atoms with Gasteiger partial charge in [-0.1, -0.05) is 29.8 Å². The van der Waals surface area contributed by atoms with E-state index in [1.165, 1.54) is 5.56 Å². The predicted octanol–water partition coefficient (Wildman–Crippen LogP) is 3.03. The largest absolute Gasteiger partial charge is 0.457 e. The lowest BCUT2D eigenvalue weighted by Gasteiger charge is -2.07. The van der Waals surface area contributed by atoms with Gasteiger partial charge in [0.25, 0.3) is 0 Å². The molecule has 0 saturated heterocycles. The molecule has 92 valence electrons. The number of aryl methyl sites for hydroxylation is 1. The predicted molar refractivity (Wildman–Crippen MR) is 70.6 cm³/mol. The molecule has 0 aliphatic carbocycles. The Morgan fingerprint density at radius 3 is 2.11 bits per heavy atom.